The summed E-state index contributed by atoms with van der Waals surface area (Å²) in [6.07, 6.45) is 5.47. The molecule has 0 atom stereocenters. The van der Waals surface area contributed by atoms with Crippen molar-refractivity contribution < 1.29 is 0 Å². The molecule has 100 valence electrons. The fourth-order valence-electron chi connectivity index (χ4n) is 2.48. The van der Waals surface area contributed by atoms with Gasteiger partial charge >= 0.3 is 0 Å². The highest BCUT2D eigenvalue weighted by Crippen LogP contribution is 2.18. The molecule has 2 heterocycles. The van der Waals surface area contributed by atoms with Gasteiger partial charge in [-0.1, -0.05) is 18.2 Å². The lowest BCUT2D eigenvalue weighted by Gasteiger charge is -2.15. The highest BCUT2D eigenvalue weighted by molar-refractivity contribution is 5.83. The number of aromatic amines is 1. The number of rotatable bonds is 4. The fourth-order valence-corrected chi connectivity index (χ4v) is 2.48. The number of hydrogen-bond acceptors (Lipinski definition) is 3. The predicted octanol–water partition coefficient (Wildman–Crippen LogP) is 2.04. The number of benzene rings is 1. The van der Waals surface area contributed by atoms with Crippen molar-refractivity contribution in [1.29, 1.82) is 0 Å². The smallest absolute Gasteiger partial charge is 0.191 e. The van der Waals surface area contributed by atoms with Gasteiger partial charge in [0, 0.05) is 36.7 Å². The number of nitrogens with zero attached hydrogens (tertiary/aromatic N) is 1. The van der Waals surface area contributed by atoms with Gasteiger partial charge in [0.1, 0.15) is 0 Å². The van der Waals surface area contributed by atoms with Crippen LogP contribution in [0.4, 0.5) is 0 Å². The average molecular weight is 256 g/mol. The minimum Gasteiger partial charge on any atom is -0.361 e. The molecule has 0 saturated carbocycles. The Bertz CT molecular complexity index is 570. The van der Waals surface area contributed by atoms with Crippen molar-refractivity contribution >= 4 is 16.9 Å². The van der Waals surface area contributed by atoms with Gasteiger partial charge in [0.2, 0.25) is 0 Å². The maximum atomic E-state index is 4.40. The zero-order chi connectivity index (χ0) is 12.9. The Morgan fingerprint density at radius 3 is 3.11 bits per heavy atom. The summed E-state index contributed by atoms with van der Waals surface area (Å²) in [6, 6.07) is 8.47. The van der Waals surface area contributed by atoms with Gasteiger partial charge in [-0.3, -0.25) is 4.99 Å². The van der Waals surface area contributed by atoms with E-state index in [1.54, 1.807) is 0 Å². The van der Waals surface area contributed by atoms with E-state index in [4.69, 9.17) is 0 Å². The van der Waals surface area contributed by atoms with Gasteiger partial charge in [0.05, 0.1) is 0 Å². The summed E-state index contributed by atoms with van der Waals surface area (Å²) in [5.74, 6) is 0.963. The van der Waals surface area contributed by atoms with Crippen LogP contribution in [0.1, 0.15) is 18.4 Å². The third-order valence-corrected chi connectivity index (χ3v) is 3.49. The van der Waals surface area contributed by atoms with E-state index in [1.807, 2.05) is 0 Å². The van der Waals surface area contributed by atoms with Gasteiger partial charge in [-0.05, 0) is 30.9 Å². The number of H-pyrrole nitrogens is 1. The number of fused-ring (bicyclic) bond motifs is 1. The van der Waals surface area contributed by atoms with Crippen molar-refractivity contribution in [3.8, 4) is 0 Å². The summed E-state index contributed by atoms with van der Waals surface area (Å²) >= 11 is 0. The monoisotopic (exact) mass is 256 g/mol. The molecule has 1 aliphatic rings. The molecule has 0 radical (unpaired) electrons. The summed E-state index contributed by atoms with van der Waals surface area (Å²) in [5.41, 5.74) is 2.62. The summed E-state index contributed by atoms with van der Waals surface area (Å²) in [5, 5.41) is 7.98. The Kier molecular flexibility index (Phi) is 3.68. The van der Waals surface area contributed by atoms with E-state index >= 15 is 0 Å². The normalized spacial score (nSPS) is 15.1. The molecule has 0 aliphatic carbocycles. The number of aliphatic imine (C=N–C) groups is 1. The number of nitrogens with one attached hydrogen (secondary N) is 3. The van der Waals surface area contributed by atoms with Crippen LogP contribution < -0.4 is 10.6 Å². The van der Waals surface area contributed by atoms with E-state index in [0.717, 1.165) is 44.9 Å². The van der Waals surface area contributed by atoms with Gasteiger partial charge in [0.15, 0.2) is 5.96 Å². The van der Waals surface area contributed by atoms with Crippen molar-refractivity contribution in [3.05, 3.63) is 36.0 Å². The van der Waals surface area contributed by atoms with Crippen LogP contribution in [0.25, 0.3) is 10.9 Å². The van der Waals surface area contributed by atoms with Crippen LogP contribution >= 0.6 is 0 Å². The van der Waals surface area contributed by atoms with Crippen LogP contribution in [0.5, 0.6) is 0 Å². The van der Waals surface area contributed by atoms with Gasteiger partial charge in [-0.25, -0.2) is 0 Å². The van der Waals surface area contributed by atoms with Crippen LogP contribution in [-0.4, -0.2) is 30.6 Å². The molecular formula is C15H20N4. The maximum absolute atomic E-state index is 4.40. The molecule has 0 unspecified atom stereocenters. The number of aromatic nitrogens is 1. The predicted molar refractivity (Wildman–Crippen MR) is 79.5 cm³/mol. The van der Waals surface area contributed by atoms with Gasteiger partial charge in [-0.15, -0.1) is 0 Å². The topological polar surface area (TPSA) is 52.2 Å². The number of guanidine groups is 1. The second kappa shape index (κ2) is 5.78. The van der Waals surface area contributed by atoms with Crippen molar-refractivity contribution in [3.63, 3.8) is 0 Å². The first-order valence-electron chi connectivity index (χ1n) is 7.01. The molecule has 1 aromatic heterocycles. The van der Waals surface area contributed by atoms with Crippen molar-refractivity contribution in [1.82, 2.24) is 15.6 Å². The van der Waals surface area contributed by atoms with Gasteiger partial charge < -0.3 is 15.6 Å². The molecule has 3 N–H and O–H groups in total. The molecule has 3 rings (SSSR count). The Morgan fingerprint density at radius 1 is 1.26 bits per heavy atom. The van der Waals surface area contributed by atoms with Crippen LogP contribution in [0.3, 0.4) is 0 Å². The molecule has 1 aromatic carbocycles. The molecule has 0 bridgehead atoms. The Balaban J connectivity index is 1.51. The molecular weight excluding hydrogens is 236 g/mol. The average Bonchev–Trinajstić information content (AvgIpc) is 2.88. The minimum atomic E-state index is 0.942. The van der Waals surface area contributed by atoms with E-state index in [-0.39, 0.29) is 0 Å². The molecule has 2 aromatic rings. The zero-order valence-electron chi connectivity index (χ0n) is 11.1. The van der Waals surface area contributed by atoms with Gasteiger partial charge in [-0.2, -0.15) is 0 Å². The number of para-hydroxylation sites is 1. The first-order valence-corrected chi connectivity index (χ1v) is 7.01. The molecule has 0 amide bonds. The second-order valence-corrected chi connectivity index (χ2v) is 4.90. The molecule has 4 heteroatoms. The second-order valence-electron chi connectivity index (χ2n) is 4.90. The standard InChI is InChI=1S/C15H20N4/c1-2-7-14-13(6-1)12(11-19-14)5-3-8-16-15-17-9-4-10-18-15/h1-2,6-7,11,19H,3-5,8-10H2,(H2,16,17,18). The number of hydrogen-bond donors (Lipinski definition) is 3. The third kappa shape index (κ3) is 2.89. The summed E-state index contributed by atoms with van der Waals surface area (Å²) in [7, 11) is 0. The lowest BCUT2D eigenvalue weighted by Crippen LogP contribution is -2.41. The lowest BCUT2D eigenvalue weighted by molar-refractivity contribution is 0.686. The summed E-state index contributed by atoms with van der Waals surface area (Å²) < 4.78 is 0. The van der Waals surface area contributed by atoms with Crippen molar-refractivity contribution in [2.45, 2.75) is 19.3 Å². The van der Waals surface area contributed by atoms with E-state index in [0.29, 0.717) is 0 Å². The lowest BCUT2D eigenvalue weighted by atomic mass is 10.1. The highest BCUT2D eigenvalue weighted by Gasteiger charge is 2.04. The first-order chi connectivity index (χ1) is 9.43. The van der Waals surface area contributed by atoms with Crippen molar-refractivity contribution in [2.24, 2.45) is 4.99 Å². The van der Waals surface area contributed by atoms with Crippen LogP contribution in [0, 0.1) is 0 Å². The minimum absolute atomic E-state index is 0.942. The molecule has 4 nitrogen and oxygen atoms in total. The summed E-state index contributed by atoms with van der Waals surface area (Å²) in [4.78, 5) is 7.72. The molecule has 0 saturated heterocycles. The van der Waals surface area contributed by atoms with E-state index in [1.165, 1.54) is 16.5 Å². The molecule has 19 heavy (non-hydrogen) atoms. The van der Waals surface area contributed by atoms with E-state index < -0.39 is 0 Å². The van der Waals surface area contributed by atoms with Gasteiger partial charge in [0.25, 0.3) is 0 Å². The Morgan fingerprint density at radius 2 is 2.21 bits per heavy atom. The molecule has 0 fully saturated rings. The number of aryl methyl sites for hydroxylation is 1. The van der Waals surface area contributed by atoms with Crippen LogP contribution in [0.2, 0.25) is 0 Å². The SMILES string of the molecule is c1ccc2c(CCCNC3=NCCCN3)c[nH]c2c1. The van der Waals surface area contributed by atoms with Crippen LogP contribution in [-0.2, 0) is 6.42 Å². The molecule has 0 spiro atoms. The van der Waals surface area contributed by atoms with E-state index in [9.17, 15) is 0 Å². The third-order valence-electron chi connectivity index (χ3n) is 3.49. The highest BCUT2D eigenvalue weighted by atomic mass is 15.2. The summed E-state index contributed by atoms with van der Waals surface area (Å²) in [6.45, 7) is 2.94. The van der Waals surface area contributed by atoms with E-state index in [2.05, 4.69) is 51.1 Å². The maximum Gasteiger partial charge on any atom is 0.191 e. The Hall–Kier alpha value is -1.97. The Labute approximate surface area is 113 Å². The quantitative estimate of drug-likeness (QED) is 0.733. The van der Waals surface area contributed by atoms with Crippen molar-refractivity contribution in [2.75, 3.05) is 19.6 Å². The zero-order valence-corrected chi connectivity index (χ0v) is 11.1. The van der Waals surface area contributed by atoms with Crippen LogP contribution in [0.15, 0.2) is 35.5 Å². The fraction of sp³-hybridized carbons (Fsp3) is 0.400. The first kappa shape index (κ1) is 12.1. The molecule has 1 aliphatic heterocycles. The largest absolute Gasteiger partial charge is 0.361 e.